The fourth-order valence-corrected chi connectivity index (χ4v) is 4.42. The molecule has 0 fully saturated rings. The van der Waals surface area contributed by atoms with Crippen LogP contribution in [-0.2, 0) is 17.9 Å². The zero-order valence-electron chi connectivity index (χ0n) is 17.5. The molecule has 32 heavy (non-hydrogen) atoms. The maximum Gasteiger partial charge on any atom is 0.142 e. The third-order valence-electron chi connectivity index (χ3n) is 5.71. The van der Waals surface area contributed by atoms with Gasteiger partial charge in [-0.15, -0.1) is 0 Å². The van der Waals surface area contributed by atoms with Gasteiger partial charge < -0.3 is 9.40 Å². The predicted octanol–water partition coefficient (Wildman–Crippen LogP) is 7.71. The highest BCUT2D eigenvalue weighted by molar-refractivity contribution is 6.30. The highest BCUT2D eigenvalue weighted by Gasteiger charge is 2.24. The quantitative estimate of drug-likeness (QED) is 0.280. The Labute approximate surface area is 197 Å². The van der Waals surface area contributed by atoms with E-state index in [0.29, 0.717) is 11.6 Å². The Morgan fingerprint density at radius 3 is 2.22 bits per heavy atom. The lowest BCUT2D eigenvalue weighted by atomic mass is 9.95. The van der Waals surface area contributed by atoms with Gasteiger partial charge in [-0.25, -0.2) is 0 Å². The fraction of sp³-hybridized carbons (Fsp3) is 0.148. The van der Waals surface area contributed by atoms with Crippen LogP contribution in [0, 0.1) is 0 Å². The van der Waals surface area contributed by atoms with Crippen LogP contribution in [0.2, 0.25) is 10.0 Å². The first-order chi connectivity index (χ1) is 15.7. The maximum absolute atomic E-state index is 6.15. The first-order valence-electron chi connectivity index (χ1n) is 10.7. The zero-order valence-corrected chi connectivity index (χ0v) is 19.0. The number of halogens is 2. The van der Waals surface area contributed by atoms with E-state index in [9.17, 15) is 0 Å². The molecule has 4 aromatic rings. The molecule has 0 spiro atoms. The number of hydrogen-bond donors (Lipinski definition) is 0. The van der Waals surface area contributed by atoms with Crippen LogP contribution >= 0.6 is 23.2 Å². The molecule has 1 aromatic heterocycles. The van der Waals surface area contributed by atoms with Gasteiger partial charge in [-0.2, -0.15) is 0 Å². The van der Waals surface area contributed by atoms with Crippen LogP contribution < -0.4 is 0 Å². The summed E-state index contributed by atoms with van der Waals surface area (Å²) in [4.78, 5) is 5.75. The fourth-order valence-electron chi connectivity index (χ4n) is 4.17. The van der Waals surface area contributed by atoms with E-state index in [2.05, 4.69) is 52.2 Å². The van der Waals surface area contributed by atoms with Gasteiger partial charge >= 0.3 is 0 Å². The van der Waals surface area contributed by atoms with E-state index < -0.39 is 0 Å². The third kappa shape index (κ3) is 4.32. The van der Waals surface area contributed by atoms with Crippen molar-refractivity contribution in [1.29, 1.82) is 0 Å². The Balaban J connectivity index is 1.53. The normalized spacial score (nSPS) is 14.4. The lowest BCUT2D eigenvalue weighted by Crippen LogP contribution is -2.14. The minimum atomic E-state index is 0.416. The molecule has 0 radical (unpaired) electrons. The van der Waals surface area contributed by atoms with Crippen molar-refractivity contribution < 1.29 is 4.84 Å². The van der Waals surface area contributed by atoms with Gasteiger partial charge in [0.1, 0.15) is 6.61 Å². The van der Waals surface area contributed by atoms with Crippen molar-refractivity contribution in [1.82, 2.24) is 4.57 Å². The predicted molar refractivity (Wildman–Crippen MR) is 132 cm³/mol. The molecule has 0 bridgehead atoms. The molecule has 0 saturated heterocycles. The molecular formula is C27H22Cl2N2O. The summed E-state index contributed by atoms with van der Waals surface area (Å²) >= 11 is 12.1. The summed E-state index contributed by atoms with van der Waals surface area (Å²) in [5.41, 5.74) is 7.84. The number of benzene rings is 3. The average Bonchev–Trinajstić information content (AvgIpc) is 3.22. The van der Waals surface area contributed by atoms with Gasteiger partial charge in [0.05, 0.1) is 11.4 Å². The molecular weight excluding hydrogens is 439 g/mol. The zero-order chi connectivity index (χ0) is 21.9. The molecule has 160 valence electrons. The second kappa shape index (κ2) is 9.23. The minimum Gasteiger partial charge on any atom is -0.391 e. The summed E-state index contributed by atoms with van der Waals surface area (Å²) in [6.45, 7) is 0.416. The molecule has 1 heterocycles. The summed E-state index contributed by atoms with van der Waals surface area (Å²) in [6.07, 6.45) is 2.92. The van der Waals surface area contributed by atoms with E-state index in [1.165, 1.54) is 5.69 Å². The molecule has 5 heteroatoms. The average molecular weight is 461 g/mol. The maximum atomic E-state index is 6.15. The van der Waals surface area contributed by atoms with Crippen molar-refractivity contribution >= 4 is 28.9 Å². The molecule has 0 atom stereocenters. The Hall–Kier alpha value is -3.01. The number of rotatable bonds is 5. The number of fused-ring (bicyclic) bond motifs is 1. The molecule has 3 nitrogen and oxygen atoms in total. The summed E-state index contributed by atoms with van der Waals surface area (Å²) < 4.78 is 2.34. The van der Waals surface area contributed by atoms with Gasteiger partial charge in [0.15, 0.2) is 0 Å². The first-order valence-corrected chi connectivity index (χ1v) is 11.4. The Kier molecular flexibility index (Phi) is 6.02. The summed E-state index contributed by atoms with van der Waals surface area (Å²) in [6, 6.07) is 28.3. The van der Waals surface area contributed by atoms with Crippen LogP contribution in [0.25, 0.3) is 16.9 Å². The van der Waals surface area contributed by atoms with E-state index in [1.54, 1.807) is 0 Å². The molecule has 0 saturated carbocycles. The van der Waals surface area contributed by atoms with Gasteiger partial charge in [0.2, 0.25) is 0 Å². The lowest BCUT2D eigenvalue weighted by Gasteiger charge is -2.18. The van der Waals surface area contributed by atoms with E-state index in [0.717, 1.165) is 58.1 Å². The second-order valence-corrected chi connectivity index (χ2v) is 8.73. The smallest absolute Gasteiger partial charge is 0.142 e. The number of oxime groups is 1. The van der Waals surface area contributed by atoms with Gasteiger partial charge in [-0.05, 0) is 72.9 Å². The van der Waals surface area contributed by atoms with Crippen LogP contribution in [0.15, 0.2) is 90.1 Å². The van der Waals surface area contributed by atoms with Crippen LogP contribution in [0.4, 0.5) is 0 Å². The second-order valence-electron chi connectivity index (χ2n) is 7.86. The largest absolute Gasteiger partial charge is 0.391 e. The van der Waals surface area contributed by atoms with Crippen molar-refractivity contribution in [2.45, 2.75) is 25.9 Å². The number of nitrogens with zero attached hydrogens (tertiary/aromatic N) is 2. The number of hydrogen-bond acceptors (Lipinski definition) is 2. The minimum absolute atomic E-state index is 0.416. The van der Waals surface area contributed by atoms with Gasteiger partial charge in [0.25, 0.3) is 0 Å². The molecule has 5 rings (SSSR count). The highest BCUT2D eigenvalue weighted by atomic mass is 35.5. The molecule has 0 amide bonds. The number of para-hydroxylation sites is 1. The summed E-state index contributed by atoms with van der Waals surface area (Å²) in [7, 11) is 0. The Morgan fingerprint density at radius 1 is 0.812 bits per heavy atom. The van der Waals surface area contributed by atoms with Crippen molar-refractivity contribution in [3.63, 3.8) is 0 Å². The van der Waals surface area contributed by atoms with Crippen molar-refractivity contribution in [3.05, 3.63) is 112 Å². The van der Waals surface area contributed by atoms with Gasteiger partial charge in [-0.1, -0.05) is 70.8 Å². The standard InChI is InChI=1S/C27H22Cl2N2O/c28-21-13-9-19(10-14-21)18-32-30-25-7-4-8-26-24(25)17-27(20-11-15-22(29)16-12-20)31(26)23-5-2-1-3-6-23/h1-3,5-6,9-17H,4,7-8,18H2/b30-25-. The van der Waals surface area contributed by atoms with E-state index in [4.69, 9.17) is 28.0 Å². The van der Waals surface area contributed by atoms with Gasteiger partial charge in [0, 0.05) is 27.0 Å². The molecule has 0 unspecified atom stereocenters. The molecule has 3 aromatic carbocycles. The molecule has 0 N–H and O–H groups in total. The summed E-state index contributed by atoms with van der Waals surface area (Å²) in [5.74, 6) is 0. The van der Waals surface area contributed by atoms with Crippen LogP contribution in [0.3, 0.4) is 0 Å². The SMILES string of the molecule is Clc1ccc(CO/N=C2/CCCc3c2cc(-c2ccc(Cl)cc2)n3-c2ccccc2)cc1. The Bertz CT molecular complexity index is 1240. The Morgan fingerprint density at radius 2 is 1.50 bits per heavy atom. The van der Waals surface area contributed by atoms with Gasteiger partial charge in [-0.3, -0.25) is 0 Å². The third-order valence-corrected chi connectivity index (χ3v) is 6.22. The summed E-state index contributed by atoms with van der Waals surface area (Å²) in [5, 5.41) is 5.99. The van der Waals surface area contributed by atoms with Crippen LogP contribution in [0.1, 0.15) is 29.7 Å². The van der Waals surface area contributed by atoms with Crippen molar-refractivity contribution in [2.24, 2.45) is 5.16 Å². The topological polar surface area (TPSA) is 26.5 Å². The molecule has 1 aliphatic carbocycles. The number of aromatic nitrogens is 1. The highest BCUT2D eigenvalue weighted by Crippen LogP contribution is 2.34. The van der Waals surface area contributed by atoms with Crippen molar-refractivity contribution in [2.75, 3.05) is 0 Å². The van der Waals surface area contributed by atoms with Crippen LogP contribution in [-0.4, -0.2) is 10.3 Å². The van der Waals surface area contributed by atoms with E-state index >= 15 is 0 Å². The van der Waals surface area contributed by atoms with E-state index in [-0.39, 0.29) is 0 Å². The van der Waals surface area contributed by atoms with Crippen molar-refractivity contribution in [3.8, 4) is 16.9 Å². The molecule has 1 aliphatic rings. The monoisotopic (exact) mass is 460 g/mol. The van der Waals surface area contributed by atoms with Crippen LogP contribution in [0.5, 0.6) is 0 Å². The first kappa shape index (κ1) is 20.9. The molecule has 0 aliphatic heterocycles. The van der Waals surface area contributed by atoms with E-state index in [1.807, 2.05) is 42.5 Å². The lowest BCUT2D eigenvalue weighted by molar-refractivity contribution is 0.130.